The number of hydrogen-bond acceptors (Lipinski definition) is 4. The second kappa shape index (κ2) is 4.24. The van der Waals surface area contributed by atoms with Crippen LogP contribution in [0.15, 0.2) is 0 Å². The van der Waals surface area contributed by atoms with Crippen LogP contribution in [-0.4, -0.2) is 15.3 Å². The van der Waals surface area contributed by atoms with Crippen molar-refractivity contribution in [2.45, 2.75) is 25.7 Å². The van der Waals surface area contributed by atoms with E-state index in [4.69, 9.17) is 11.6 Å². The highest BCUT2D eigenvalue weighted by Crippen LogP contribution is 2.29. The first-order chi connectivity index (χ1) is 6.36. The summed E-state index contributed by atoms with van der Waals surface area (Å²) >= 11 is 6.93. The smallest absolute Gasteiger partial charge is 0.186 e. The Kier molecular flexibility index (Phi) is 3.01. The van der Waals surface area contributed by atoms with Gasteiger partial charge in [-0.15, -0.1) is 0 Å². The molecule has 0 aromatic carbocycles. The average Bonchev–Trinajstić information content (AvgIpc) is 2.42. The van der Waals surface area contributed by atoms with Crippen LogP contribution in [0.4, 0.5) is 5.82 Å². The molecule has 0 saturated heterocycles. The maximum Gasteiger partial charge on any atom is 0.186 e. The van der Waals surface area contributed by atoms with Crippen molar-refractivity contribution >= 4 is 29.1 Å². The summed E-state index contributed by atoms with van der Waals surface area (Å²) in [5, 5.41) is 3.70. The zero-order chi connectivity index (χ0) is 9.10. The van der Waals surface area contributed by atoms with E-state index >= 15 is 0 Å². The summed E-state index contributed by atoms with van der Waals surface area (Å²) in [5.41, 5.74) is 0. The highest BCUT2D eigenvalue weighted by molar-refractivity contribution is 6.99. The van der Waals surface area contributed by atoms with Crippen LogP contribution in [0.3, 0.4) is 0 Å². The van der Waals surface area contributed by atoms with E-state index in [1.807, 2.05) is 0 Å². The number of halogens is 1. The predicted molar refractivity (Wildman–Crippen MR) is 55.4 cm³/mol. The summed E-state index contributed by atoms with van der Waals surface area (Å²) in [6.45, 7) is 0.968. The van der Waals surface area contributed by atoms with Crippen LogP contribution in [-0.2, 0) is 0 Å². The van der Waals surface area contributed by atoms with E-state index in [1.54, 1.807) is 0 Å². The predicted octanol–water partition coefficient (Wildman–Crippen LogP) is 2.79. The molecule has 1 saturated carbocycles. The van der Waals surface area contributed by atoms with Crippen molar-refractivity contribution in [2.24, 2.45) is 5.92 Å². The van der Waals surface area contributed by atoms with Crippen LogP contribution < -0.4 is 5.32 Å². The molecule has 5 heteroatoms. The molecule has 1 aliphatic carbocycles. The van der Waals surface area contributed by atoms with E-state index in [2.05, 4.69) is 14.1 Å². The van der Waals surface area contributed by atoms with Crippen molar-refractivity contribution in [3.63, 3.8) is 0 Å². The Bertz CT molecular complexity index is 272. The molecule has 1 aliphatic rings. The molecule has 0 aliphatic heterocycles. The summed E-state index contributed by atoms with van der Waals surface area (Å²) in [6.07, 6.45) is 5.42. The molecule has 1 aromatic heterocycles. The average molecular weight is 218 g/mol. The van der Waals surface area contributed by atoms with Gasteiger partial charge in [-0.1, -0.05) is 30.9 Å². The van der Waals surface area contributed by atoms with E-state index < -0.39 is 0 Å². The zero-order valence-electron chi connectivity index (χ0n) is 7.29. The van der Waals surface area contributed by atoms with Crippen LogP contribution in [0, 0.1) is 5.92 Å². The molecule has 72 valence electrons. The summed E-state index contributed by atoms with van der Waals surface area (Å²) in [6, 6.07) is 0. The molecule has 1 heterocycles. The van der Waals surface area contributed by atoms with Crippen LogP contribution >= 0.6 is 23.3 Å². The number of aromatic nitrogens is 2. The van der Waals surface area contributed by atoms with Crippen LogP contribution in [0.25, 0.3) is 0 Å². The van der Waals surface area contributed by atoms with Crippen LogP contribution in [0.5, 0.6) is 0 Å². The fraction of sp³-hybridized carbons (Fsp3) is 0.750. The Morgan fingerprint density at radius 2 is 2.31 bits per heavy atom. The van der Waals surface area contributed by atoms with Gasteiger partial charge < -0.3 is 5.32 Å². The molecule has 1 fully saturated rings. The fourth-order valence-corrected chi connectivity index (χ4v) is 2.14. The number of rotatable bonds is 4. The number of nitrogens with one attached hydrogen (secondary N) is 1. The van der Waals surface area contributed by atoms with Gasteiger partial charge in [-0.05, 0) is 12.3 Å². The molecule has 13 heavy (non-hydrogen) atoms. The lowest BCUT2D eigenvalue weighted by Crippen LogP contribution is -2.15. The molecule has 0 amide bonds. The second-order valence-corrected chi connectivity index (χ2v) is 4.30. The first kappa shape index (κ1) is 9.21. The monoisotopic (exact) mass is 217 g/mol. The van der Waals surface area contributed by atoms with Gasteiger partial charge in [0.2, 0.25) is 0 Å². The zero-order valence-corrected chi connectivity index (χ0v) is 8.87. The molecule has 2 rings (SSSR count). The van der Waals surface area contributed by atoms with Gasteiger partial charge in [0, 0.05) is 6.54 Å². The number of anilines is 1. The molecule has 0 radical (unpaired) electrons. The molecule has 0 atom stereocenters. The number of nitrogens with zero attached hydrogens (tertiary/aromatic N) is 2. The van der Waals surface area contributed by atoms with Crippen LogP contribution in [0.1, 0.15) is 25.7 Å². The van der Waals surface area contributed by atoms with Gasteiger partial charge in [0.1, 0.15) is 0 Å². The molecular weight excluding hydrogens is 206 g/mol. The molecule has 0 bridgehead atoms. The maximum atomic E-state index is 5.78. The largest absolute Gasteiger partial charge is 0.367 e. The van der Waals surface area contributed by atoms with Gasteiger partial charge >= 0.3 is 0 Å². The summed E-state index contributed by atoms with van der Waals surface area (Å²) in [4.78, 5) is 0. The van der Waals surface area contributed by atoms with E-state index in [0.717, 1.165) is 30.0 Å². The Hall–Kier alpha value is -0.350. The van der Waals surface area contributed by atoms with Crippen LogP contribution in [0.2, 0.25) is 5.15 Å². The lowest BCUT2D eigenvalue weighted by molar-refractivity contribution is 0.303. The lowest BCUT2D eigenvalue weighted by atomic mass is 9.83. The first-order valence-electron chi connectivity index (χ1n) is 4.58. The molecule has 1 N–H and O–H groups in total. The first-order valence-corrected chi connectivity index (χ1v) is 5.69. The molecule has 0 spiro atoms. The van der Waals surface area contributed by atoms with Gasteiger partial charge in [0.25, 0.3) is 0 Å². The quantitative estimate of drug-likeness (QED) is 0.843. The molecular formula is C8H12ClN3S. The van der Waals surface area contributed by atoms with Crippen molar-refractivity contribution < 1.29 is 0 Å². The summed E-state index contributed by atoms with van der Waals surface area (Å²) in [7, 11) is 0. The van der Waals surface area contributed by atoms with E-state index in [9.17, 15) is 0 Å². The van der Waals surface area contributed by atoms with Crippen molar-refractivity contribution in [2.75, 3.05) is 11.9 Å². The topological polar surface area (TPSA) is 37.8 Å². The van der Waals surface area contributed by atoms with E-state index in [-0.39, 0.29) is 0 Å². The highest BCUT2D eigenvalue weighted by atomic mass is 35.5. The van der Waals surface area contributed by atoms with Gasteiger partial charge in [-0.3, -0.25) is 0 Å². The maximum absolute atomic E-state index is 5.78. The third-order valence-corrected chi connectivity index (χ3v) is 3.41. The van der Waals surface area contributed by atoms with Crippen molar-refractivity contribution in [1.29, 1.82) is 0 Å². The third-order valence-electron chi connectivity index (χ3n) is 2.52. The van der Waals surface area contributed by atoms with Gasteiger partial charge in [0.05, 0.1) is 11.7 Å². The van der Waals surface area contributed by atoms with Crippen molar-refractivity contribution in [3.8, 4) is 0 Å². The highest BCUT2D eigenvalue weighted by Gasteiger charge is 2.16. The Balaban J connectivity index is 1.70. The Morgan fingerprint density at radius 3 is 2.85 bits per heavy atom. The van der Waals surface area contributed by atoms with Gasteiger partial charge in [0.15, 0.2) is 11.0 Å². The minimum absolute atomic E-state index is 0.499. The minimum atomic E-state index is 0.499. The van der Waals surface area contributed by atoms with Gasteiger partial charge in [-0.2, -0.15) is 8.75 Å². The number of hydrogen-bond donors (Lipinski definition) is 1. The van der Waals surface area contributed by atoms with Crippen molar-refractivity contribution in [3.05, 3.63) is 5.15 Å². The second-order valence-electron chi connectivity index (χ2n) is 3.42. The fourth-order valence-electron chi connectivity index (χ4n) is 1.46. The normalized spacial score (nSPS) is 17.0. The van der Waals surface area contributed by atoms with E-state index in [1.165, 1.54) is 25.7 Å². The van der Waals surface area contributed by atoms with Gasteiger partial charge in [-0.25, -0.2) is 0 Å². The molecule has 3 nitrogen and oxygen atoms in total. The van der Waals surface area contributed by atoms with Crippen molar-refractivity contribution in [1.82, 2.24) is 8.75 Å². The van der Waals surface area contributed by atoms with E-state index in [0.29, 0.717) is 5.15 Å². The Morgan fingerprint density at radius 1 is 1.46 bits per heavy atom. The molecule has 1 aromatic rings. The minimum Gasteiger partial charge on any atom is -0.367 e. The lowest BCUT2D eigenvalue weighted by Gasteiger charge is -2.25. The third kappa shape index (κ3) is 2.31. The standard InChI is InChI=1S/C8H12ClN3S/c9-7-8(12-13-11-7)10-5-4-6-2-1-3-6/h6H,1-5H2,(H,10,12). The SMILES string of the molecule is Clc1nsnc1NCCC1CCC1. The molecule has 0 unspecified atom stereocenters. The summed E-state index contributed by atoms with van der Waals surface area (Å²) in [5.74, 6) is 1.67. The summed E-state index contributed by atoms with van der Waals surface area (Å²) < 4.78 is 7.93. The Labute approximate surface area is 86.8 Å².